The molecular formula is C26H30BrNO2. The van der Waals surface area contributed by atoms with Crippen LogP contribution in [0.3, 0.4) is 0 Å². The first-order chi connectivity index (χ1) is 14.1. The van der Waals surface area contributed by atoms with Crippen LogP contribution in [0.4, 0.5) is 0 Å². The summed E-state index contributed by atoms with van der Waals surface area (Å²) in [5, 5.41) is 0. The average Bonchev–Trinajstić information content (AvgIpc) is 2.72. The molecule has 0 atom stereocenters. The fraction of sp³-hybridized carbons (Fsp3) is 0.462. The van der Waals surface area contributed by atoms with Crippen LogP contribution in [0.15, 0.2) is 48.7 Å². The number of pyridine rings is 1. The maximum atomic E-state index is 13.5. The number of benzene rings is 1. The van der Waals surface area contributed by atoms with Crippen LogP contribution in [0.2, 0.25) is 0 Å². The summed E-state index contributed by atoms with van der Waals surface area (Å²) in [4.78, 5) is 13.5. The summed E-state index contributed by atoms with van der Waals surface area (Å²) < 4.78 is 7.36. The molecule has 2 aromatic rings. The summed E-state index contributed by atoms with van der Waals surface area (Å²) >= 11 is 0. The van der Waals surface area contributed by atoms with Crippen molar-refractivity contribution in [3.8, 4) is 5.75 Å². The summed E-state index contributed by atoms with van der Waals surface area (Å²) in [6, 6.07) is 14.2. The molecule has 0 radical (unpaired) electrons. The van der Waals surface area contributed by atoms with Crippen LogP contribution >= 0.6 is 0 Å². The predicted octanol–water partition coefficient (Wildman–Crippen LogP) is 1.94. The molecule has 4 aliphatic rings. The van der Waals surface area contributed by atoms with Crippen molar-refractivity contribution < 1.29 is 31.1 Å². The van der Waals surface area contributed by atoms with Crippen molar-refractivity contribution in [2.75, 3.05) is 7.11 Å². The van der Waals surface area contributed by atoms with Gasteiger partial charge in [-0.15, -0.1) is 0 Å². The monoisotopic (exact) mass is 467 g/mol. The van der Waals surface area contributed by atoms with E-state index in [0.717, 1.165) is 54.0 Å². The van der Waals surface area contributed by atoms with Gasteiger partial charge in [0.05, 0.1) is 7.11 Å². The van der Waals surface area contributed by atoms with Gasteiger partial charge >= 0.3 is 0 Å². The first-order valence-electron chi connectivity index (χ1n) is 11.0. The van der Waals surface area contributed by atoms with Crippen LogP contribution < -0.4 is 26.3 Å². The second kappa shape index (κ2) is 8.66. The van der Waals surface area contributed by atoms with Gasteiger partial charge in [0, 0.05) is 23.6 Å². The molecule has 3 nitrogen and oxygen atoms in total. The molecule has 4 fully saturated rings. The number of carbonyl (C=O) groups is 1. The van der Waals surface area contributed by atoms with E-state index in [1.807, 2.05) is 42.6 Å². The van der Waals surface area contributed by atoms with E-state index in [-0.39, 0.29) is 22.4 Å². The minimum Gasteiger partial charge on any atom is -1.00 e. The summed E-state index contributed by atoms with van der Waals surface area (Å²) in [5.74, 6) is 3.74. The van der Waals surface area contributed by atoms with Gasteiger partial charge in [-0.2, -0.15) is 4.57 Å². The van der Waals surface area contributed by atoms with Crippen LogP contribution in [-0.2, 0) is 11.3 Å². The number of nitrogens with zero attached hydrogens (tertiary/aromatic N) is 1. The highest BCUT2D eigenvalue weighted by Gasteiger charge is 2.55. The molecule has 4 bridgehead atoms. The lowest BCUT2D eigenvalue weighted by atomic mass is 9.48. The molecule has 30 heavy (non-hydrogen) atoms. The van der Waals surface area contributed by atoms with Gasteiger partial charge in [0.15, 0.2) is 6.20 Å². The van der Waals surface area contributed by atoms with E-state index < -0.39 is 0 Å². The first-order valence-corrected chi connectivity index (χ1v) is 11.0. The smallest absolute Gasteiger partial charge is 0.207 e. The van der Waals surface area contributed by atoms with Crippen molar-refractivity contribution in [2.45, 2.75) is 45.1 Å². The highest BCUT2D eigenvalue weighted by atomic mass is 79.9. The number of ether oxygens (including phenoxy) is 1. The van der Waals surface area contributed by atoms with Crippen LogP contribution in [0.1, 0.15) is 49.8 Å². The van der Waals surface area contributed by atoms with Gasteiger partial charge in [0.1, 0.15) is 5.75 Å². The van der Waals surface area contributed by atoms with Gasteiger partial charge < -0.3 is 21.7 Å². The second-order valence-electron chi connectivity index (χ2n) is 9.48. The van der Waals surface area contributed by atoms with Gasteiger partial charge in [-0.1, -0.05) is 12.1 Å². The molecule has 4 aliphatic carbocycles. The Bertz CT molecular complexity index is 899. The van der Waals surface area contributed by atoms with Crippen LogP contribution in [0.25, 0.3) is 12.2 Å². The maximum Gasteiger partial charge on any atom is 0.207 e. The molecule has 1 aromatic heterocycles. The van der Waals surface area contributed by atoms with E-state index in [2.05, 4.69) is 22.8 Å². The van der Waals surface area contributed by atoms with Crippen LogP contribution in [0.5, 0.6) is 5.75 Å². The minimum atomic E-state index is -0.0332. The van der Waals surface area contributed by atoms with Crippen molar-refractivity contribution in [1.82, 2.24) is 0 Å². The van der Waals surface area contributed by atoms with E-state index in [9.17, 15) is 4.79 Å². The quantitative estimate of drug-likeness (QED) is 0.607. The Kier molecular flexibility index (Phi) is 6.15. The van der Waals surface area contributed by atoms with Crippen LogP contribution in [-0.4, -0.2) is 12.9 Å². The molecule has 6 rings (SSSR count). The molecule has 0 amide bonds. The molecule has 0 aliphatic heterocycles. The van der Waals surface area contributed by atoms with Gasteiger partial charge in [-0.05, 0) is 86.1 Å². The molecule has 0 spiro atoms. The number of hydrogen-bond acceptors (Lipinski definition) is 2. The Balaban J connectivity index is 0.00000218. The number of carbonyl (C=O) groups excluding carboxylic acids is 1. The fourth-order valence-electron chi connectivity index (χ4n) is 6.46. The number of hydrogen-bond donors (Lipinski definition) is 0. The molecule has 158 valence electrons. The van der Waals surface area contributed by atoms with Crippen molar-refractivity contribution in [2.24, 2.45) is 23.2 Å². The summed E-state index contributed by atoms with van der Waals surface area (Å²) in [6.07, 6.45) is 13.8. The topological polar surface area (TPSA) is 30.2 Å². The Labute approximate surface area is 189 Å². The Hall–Kier alpha value is -1.94. The molecule has 0 saturated heterocycles. The number of rotatable bonds is 6. The lowest BCUT2D eigenvalue weighted by Gasteiger charge is -2.55. The largest absolute Gasteiger partial charge is 1.00 e. The third-order valence-electron chi connectivity index (χ3n) is 7.48. The van der Waals surface area contributed by atoms with E-state index in [1.54, 1.807) is 7.11 Å². The number of methoxy groups -OCH3 is 1. The lowest BCUT2D eigenvalue weighted by Crippen LogP contribution is -3.00. The zero-order valence-corrected chi connectivity index (χ0v) is 19.2. The fourth-order valence-corrected chi connectivity index (χ4v) is 6.46. The summed E-state index contributed by atoms with van der Waals surface area (Å²) in [7, 11) is 1.68. The molecule has 1 aromatic carbocycles. The molecule has 4 heteroatoms. The van der Waals surface area contributed by atoms with Gasteiger partial charge in [0.2, 0.25) is 18.0 Å². The van der Waals surface area contributed by atoms with E-state index >= 15 is 0 Å². The zero-order valence-electron chi connectivity index (χ0n) is 17.6. The summed E-state index contributed by atoms with van der Waals surface area (Å²) in [5.41, 5.74) is 2.16. The molecule has 1 heterocycles. The number of Topliss-reactive ketones (excluding diaryl/α,β-unsaturated/α-hetero) is 1. The number of ketones is 1. The zero-order chi connectivity index (χ0) is 19.8. The minimum absolute atomic E-state index is 0. The maximum absolute atomic E-state index is 13.5. The number of halogens is 1. The van der Waals surface area contributed by atoms with E-state index in [0.29, 0.717) is 12.3 Å². The van der Waals surface area contributed by atoms with Crippen LogP contribution in [0, 0.1) is 23.2 Å². The molecule has 0 N–H and O–H groups in total. The third-order valence-corrected chi connectivity index (χ3v) is 7.48. The normalized spacial score (nSPS) is 29.0. The average molecular weight is 468 g/mol. The van der Waals surface area contributed by atoms with Gasteiger partial charge in [-0.3, -0.25) is 4.79 Å². The van der Waals surface area contributed by atoms with Crippen molar-refractivity contribution in [3.05, 3.63) is 59.9 Å². The van der Waals surface area contributed by atoms with E-state index in [4.69, 9.17) is 4.74 Å². The first kappa shape index (κ1) is 21.3. The molecule has 0 unspecified atom stereocenters. The van der Waals surface area contributed by atoms with Gasteiger partial charge in [0.25, 0.3) is 0 Å². The predicted molar refractivity (Wildman–Crippen MR) is 114 cm³/mol. The van der Waals surface area contributed by atoms with E-state index in [1.165, 1.54) is 19.3 Å². The van der Waals surface area contributed by atoms with Crippen molar-refractivity contribution in [3.63, 3.8) is 0 Å². The molecular weight excluding hydrogens is 438 g/mol. The highest BCUT2D eigenvalue weighted by molar-refractivity contribution is 5.84. The standard InChI is InChI=1S/C26H30NO2.BrH/c1-29-24-9-6-19(7-10-24)5-8-23-4-2-3-11-27(23)18-25(28)26-15-20-12-21(16-26)14-22(13-20)17-26;/h2-11,20-22H,12-18H2,1H3;1H/q+1;/p-1/b8-5+;. The Morgan fingerprint density at radius 3 is 2.23 bits per heavy atom. The Morgan fingerprint density at radius 1 is 1.00 bits per heavy atom. The summed E-state index contributed by atoms with van der Waals surface area (Å²) in [6.45, 7) is 0.495. The highest BCUT2D eigenvalue weighted by Crippen LogP contribution is 2.60. The SMILES string of the molecule is COc1ccc(/C=C/c2cccc[n+]2CC(=O)C23CC4CC(CC(C4)C2)C3)cc1.[Br-]. The van der Waals surface area contributed by atoms with Gasteiger partial charge in [-0.25, -0.2) is 0 Å². The number of aromatic nitrogens is 1. The lowest BCUT2D eigenvalue weighted by molar-refractivity contribution is -0.686. The third kappa shape index (κ3) is 4.12. The van der Waals surface area contributed by atoms with Crippen molar-refractivity contribution in [1.29, 1.82) is 0 Å². The second-order valence-corrected chi connectivity index (χ2v) is 9.48. The Morgan fingerprint density at radius 2 is 1.63 bits per heavy atom. The van der Waals surface area contributed by atoms with Crippen molar-refractivity contribution >= 4 is 17.9 Å². The molecule has 4 saturated carbocycles.